The number of methoxy groups -OCH3 is 1. The number of benzene rings is 1. The Hall–Kier alpha value is -1.32. The molecule has 0 bridgehead atoms. The highest BCUT2D eigenvalue weighted by Crippen LogP contribution is 2.36. The van der Waals surface area contributed by atoms with Crippen LogP contribution in [0, 0.1) is 0 Å². The fourth-order valence-electron chi connectivity index (χ4n) is 4.20. The van der Waals surface area contributed by atoms with Gasteiger partial charge in [0.05, 0.1) is 25.7 Å². The summed E-state index contributed by atoms with van der Waals surface area (Å²) in [5.74, 6) is -0.698. The van der Waals surface area contributed by atoms with Crippen molar-refractivity contribution in [1.82, 2.24) is 9.80 Å². The van der Waals surface area contributed by atoms with E-state index >= 15 is 0 Å². The zero-order valence-electron chi connectivity index (χ0n) is 19.3. The van der Waals surface area contributed by atoms with E-state index in [2.05, 4.69) is 4.90 Å². The molecule has 1 aromatic carbocycles. The van der Waals surface area contributed by atoms with Gasteiger partial charge in [-0.2, -0.15) is 16.8 Å². The van der Waals surface area contributed by atoms with Crippen LogP contribution >= 0.6 is 11.6 Å². The van der Waals surface area contributed by atoms with Gasteiger partial charge in [0.25, 0.3) is 26.1 Å². The molecule has 2 heterocycles. The molecule has 192 valence electrons. The van der Waals surface area contributed by atoms with E-state index < -0.39 is 37.8 Å². The molecular weight excluding hydrogens is 510 g/mol. The summed E-state index contributed by atoms with van der Waals surface area (Å²) in [7, 11) is -6.59. The van der Waals surface area contributed by atoms with Gasteiger partial charge in [-0.25, -0.2) is 4.18 Å². The maximum atomic E-state index is 13.7. The van der Waals surface area contributed by atoms with Crippen LogP contribution in [0.2, 0.25) is 5.02 Å². The third kappa shape index (κ3) is 6.88. The Labute approximate surface area is 205 Å². The van der Waals surface area contributed by atoms with Gasteiger partial charge in [-0.05, 0) is 24.3 Å². The van der Waals surface area contributed by atoms with Gasteiger partial charge in [0.15, 0.2) is 0 Å². The highest BCUT2D eigenvalue weighted by atomic mass is 35.5. The van der Waals surface area contributed by atoms with E-state index in [-0.39, 0.29) is 13.1 Å². The number of hydrogen-bond donors (Lipinski definition) is 0. The SMILES string of the molecule is COCCN1CCN(C[C@]2(OS(C)(=O)=O)C(=O)N(c3ccc(Cl)cc3)CC2OS(C)(=O)=O)CC1. The summed E-state index contributed by atoms with van der Waals surface area (Å²) in [5.41, 5.74) is -1.66. The molecule has 0 aliphatic carbocycles. The minimum absolute atomic E-state index is 0.151. The molecule has 0 spiro atoms. The molecule has 11 nitrogen and oxygen atoms in total. The fraction of sp³-hybridized carbons (Fsp3) is 0.650. The zero-order valence-corrected chi connectivity index (χ0v) is 21.7. The van der Waals surface area contributed by atoms with Crippen LogP contribution in [0.15, 0.2) is 24.3 Å². The number of rotatable bonds is 10. The first kappa shape index (κ1) is 27.3. The van der Waals surface area contributed by atoms with Crippen LogP contribution in [0.3, 0.4) is 0 Å². The van der Waals surface area contributed by atoms with Gasteiger partial charge in [-0.1, -0.05) is 11.6 Å². The fourth-order valence-corrected chi connectivity index (χ4v) is 5.74. The average Bonchev–Trinajstić information content (AvgIpc) is 2.97. The van der Waals surface area contributed by atoms with Crippen LogP contribution in [0.1, 0.15) is 0 Å². The minimum Gasteiger partial charge on any atom is -0.383 e. The summed E-state index contributed by atoms with van der Waals surface area (Å²) >= 11 is 5.96. The largest absolute Gasteiger partial charge is 0.383 e. The van der Waals surface area contributed by atoms with E-state index in [9.17, 15) is 21.6 Å². The van der Waals surface area contributed by atoms with Crippen molar-refractivity contribution in [1.29, 1.82) is 0 Å². The number of carbonyl (C=O) groups is 1. The van der Waals surface area contributed by atoms with Crippen LogP contribution in [-0.2, 0) is 38.1 Å². The van der Waals surface area contributed by atoms with Crippen molar-refractivity contribution in [3.05, 3.63) is 29.3 Å². The van der Waals surface area contributed by atoms with Crippen molar-refractivity contribution in [3.8, 4) is 0 Å². The van der Waals surface area contributed by atoms with E-state index in [1.807, 2.05) is 4.90 Å². The molecule has 2 aliphatic heterocycles. The first-order valence-electron chi connectivity index (χ1n) is 10.6. The smallest absolute Gasteiger partial charge is 0.265 e. The van der Waals surface area contributed by atoms with Gasteiger partial charge >= 0.3 is 0 Å². The van der Waals surface area contributed by atoms with Gasteiger partial charge in [0.2, 0.25) is 5.60 Å². The molecule has 2 atom stereocenters. The van der Waals surface area contributed by atoms with Crippen molar-refractivity contribution >= 4 is 43.4 Å². The molecule has 1 unspecified atom stereocenters. The van der Waals surface area contributed by atoms with E-state index in [4.69, 9.17) is 24.7 Å². The summed E-state index contributed by atoms with van der Waals surface area (Å²) in [6, 6.07) is 6.33. The highest BCUT2D eigenvalue weighted by molar-refractivity contribution is 7.86. The average molecular weight is 540 g/mol. The van der Waals surface area contributed by atoms with Gasteiger partial charge in [0, 0.05) is 57.1 Å². The van der Waals surface area contributed by atoms with E-state index in [0.717, 1.165) is 19.1 Å². The third-order valence-electron chi connectivity index (χ3n) is 5.74. The number of halogens is 1. The second-order valence-electron chi connectivity index (χ2n) is 8.47. The van der Waals surface area contributed by atoms with Gasteiger partial charge in [0.1, 0.15) is 6.10 Å². The first-order chi connectivity index (χ1) is 15.8. The number of nitrogens with zero attached hydrogens (tertiary/aromatic N) is 3. The Morgan fingerprint density at radius 3 is 2.12 bits per heavy atom. The monoisotopic (exact) mass is 539 g/mol. The predicted molar refractivity (Wildman–Crippen MR) is 127 cm³/mol. The Balaban J connectivity index is 1.95. The lowest BCUT2D eigenvalue weighted by Gasteiger charge is -2.39. The normalized spacial score (nSPS) is 25.2. The number of ether oxygens (including phenoxy) is 1. The van der Waals surface area contributed by atoms with Crippen LogP contribution in [0.4, 0.5) is 5.69 Å². The van der Waals surface area contributed by atoms with E-state index in [1.165, 1.54) is 4.90 Å². The summed E-state index contributed by atoms with van der Waals surface area (Å²) in [6.07, 6.45) is 0.293. The summed E-state index contributed by atoms with van der Waals surface area (Å²) in [4.78, 5) is 19.1. The van der Waals surface area contributed by atoms with Crippen molar-refractivity contribution < 1.29 is 34.7 Å². The van der Waals surface area contributed by atoms with Crippen LogP contribution in [-0.4, -0.2) is 116 Å². The van der Waals surface area contributed by atoms with Crippen LogP contribution in [0.25, 0.3) is 0 Å². The standard InChI is InChI=1S/C20H30ClN3O8S2/c1-30-13-12-22-8-10-23(11-9-22)15-20(32-34(3,28)29)18(31-33(2,26)27)14-24(19(20)25)17-6-4-16(21)5-7-17/h4-7,18H,8-15H2,1-3H3/t18?,20-/m1/s1. The van der Waals surface area contributed by atoms with Gasteiger partial charge in [-0.3, -0.25) is 18.8 Å². The molecule has 2 aliphatic rings. The van der Waals surface area contributed by atoms with E-state index in [0.29, 0.717) is 43.5 Å². The molecule has 0 N–H and O–H groups in total. The topological polar surface area (TPSA) is 123 Å². The summed E-state index contributed by atoms with van der Waals surface area (Å²) < 4.78 is 64.5. The second kappa shape index (κ2) is 10.7. The van der Waals surface area contributed by atoms with E-state index in [1.54, 1.807) is 31.4 Å². The predicted octanol–water partition coefficient (Wildman–Crippen LogP) is 0.0104. The highest BCUT2D eigenvalue weighted by Gasteiger charge is 2.60. The van der Waals surface area contributed by atoms with Crippen molar-refractivity contribution in [2.24, 2.45) is 0 Å². The lowest BCUT2D eigenvalue weighted by molar-refractivity contribution is -0.137. The first-order valence-corrected chi connectivity index (χ1v) is 14.6. The number of piperazine rings is 1. The molecule has 3 rings (SSSR count). The zero-order chi connectivity index (χ0) is 25.1. The maximum Gasteiger partial charge on any atom is 0.265 e. The molecule has 34 heavy (non-hydrogen) atoms. The Bertz CT molecular complexity index is 1080. The summed E-state index contributed by atoms with van der Waals surface area (Å²) in [6.45, 7) is 3.36. The van der Waals surface area contributed by atoms with Crippen molar-refractivity contribution in [3.63, 3.8) is 0 Å². The quantitative estimate of drug-likeness (QED) is 0.376. The molecule has 0 aromatic heterocycles. The van der Waals surface area contributed by atoms with Crippen molar-refractivity contribution in [2.45, 2.75) is 11.7 Å². The minimum atomic E-state index is -4.17. The van der Waals surface area contributed by atoms with Gasteiger partial charge in [-0.15, -0.1) is 0 Å². The Morgan fingerprint density at radius 2 is 1.59 bits per heavy atom. The third-order valence-corrected chi connectivity index (χ3v) is 7.17. The summed E-state index contributed by atoms with van der Waals surface area (Å²) in [5, 5.41) is 0.448. The molecule has 0 radical (unpaired) electrons. The molecular formula is C20H30ClN3O8S2. The number of anilines is 1. The number of carbonyl (C=O) groups excluding carboxylic acids is 1. The lowest BCUT2D eigenvalue weighted by atomic mass is 9.98. The molecule has 1 aromatic rings. The molecule has 14 heteroatoms. The molecule has 0 saturated carbocycles. The van der Waals surface area contributed by atoms with Crippen LogP contribution in [0.5, 0.6) is 0 Å². The number of hydrogen-bond acceptors (Lipinski definition) is 10. The maximum absolute atomic E-state index is 13.7. The lowest BCUT2D eigenvalue weighted by Crippen LogP contribution is -2.60. The second-order valence-corrected chi connectivity index (χ2v) is 12.1. The van der Waals surface area contributed by atoms with Gasteiger partial charge < -0.3 is 9.64 Å². The number of amides is 1. The molecule has 1 amide bonds. The Kier molecular flexibility index (Phi) is 8.62. The molecule has 2 saturated heterocycles. The Morgan fingerprint density at radius 1 is 1.00 bits per heavy atom. The van der Waals surface area contributed by atoms with Crippen molar-refractivity contribution in [2.75, 3.05) is 76.9 Å². The molecule has 2 fully saturated rings. The van der Waals surface area contributed by atoms with Crippen LogP contribution < -0.4 is 4.90 Å².